The molecule has 1 fully saturated rings. The van der Waals surface area contributed by atoms with Crippen LogP contribution < -0.4 is 5.32 Å². The summed E-state index contributed by atoms with van der Waals surface area (Å²) in [6, 6.07) is 8.12. The third kappa shape index (κ3) is 2.97. The van der Waals surface area contributed by atoms with Crippen LogP contribution in [0.2, 0.25) is 0 Å². The summed E-state index contributed by atoms with van der Waals surface area (Å²) < 4.78 is 0. The van der Waals surface area contributed by atoms with Gasteiger partial charge in [-0.1, -0.05) is 12.1 Å². The van der Waals surface area contributed by atoms with Gasteiger partial charge in [0.1, 0.15) is 5.75 Å². The van der Waals surface area contributed by atoms with Gasteiger partial charge in [0, 0.05) is 32.2 Å². The van der Waals surface area contributed by atoms with Gasteiger partial charge >= 0.3 is 0 Å². The third-order valence-electron chi connectivity index (χ3n) is 3.24. The first-order valence-electron chi connectivity index (χ1n) is 5.98. The Morgan fingerprint density at radius 1 is 1.25 bits per heavy atom. The highest BCUT2D eigenvalue weighted by molar-refractivity contribution is 5.26. The fraction of sp³-hybridized carbons (Fsp3) is 0.538. The van der Waals surface area contributed by atoms with Crippen LogP contribution in [-0.2, 0) is 6.42 Å². The normalized spacial score (nSPS) is 19.6. The number of rotatable bonds is 3. The topological polar surface area (TPSA) is 35.5 Å². The molecule has 0 saturated carbocycles. The lowest BCUT2D eigenvalue weighted by molar-refractivity contribution is 0.183. The van der Waals surface area contributed by atoms with E-state index < -0.39 is 0 Å². The maximum absolute atomic E-state index is 9.22. The van der Waals surface area contributed by atoms with Crippen LogP contribution in [0.5, 0.6) is 5.75 Å². The van der Waals surface area contributed by atoms with Crippen molar-refractivity contribution in [2.75, 3.05) is 26.2 Å². The number of piperazine rings is 1. The van der Waals surface area contributed by atoms with Crippen LogP contribution in [0.15, 0.2) is 24.3 Å². The molecule has 1 saturated heterocycles. The average molecular weight is 220 g/mol. The standard InChI is InChI=1S/C13H20N2O/c1-11(15-8-6-14-7-9-15)10-12-2-4-13(16)5-3-12/h2-5,11,14,16H,6-10H2,1H3. The Hall–Kier alpha value is -1.06. The lowest BCUT2D eigenvalue weighted by Crippen LogP contribution is -2.48. The number of hydrogen-bond acceptors (Lipinski definition) is 3. The molecule has 0 radical (unpaired) electrons. The summed E-state index contributed by atoms with van der Waals surface area (Å²) in [5, 5.41) is 12.6. The summed E-state index contributed by atoms with van der Waals surface area (Å²) in [7, 11) is 0. The number of phenols is 1. The van der Waals surface area contributed by atoms with E-state index in [0.29, 0.717) is 11.8 Å². The predicted octanol–water partition coefficient (Wildman–Crippen LogP) is 1.23. The summed E-state index contributed by atoms with van der Waals surface area (Å²) in [5.41, 5.74) is 1.30. The molecule has 0 aliphatic carbocycles. The number of aromatic hydroxyl groups is 1. The summed E-state index contributed by atoms with van der Waals surface area (Å²) in [4.78, 5) is 2.52. The summed E-state index contributed by atoms with van der Waals surface area (Å²) in [6.07, 6.45) is 1.06. The van der Waals surface area contributed by atoms with Crippen LogP contribution in [0.3, 0.4) is 0 Å². The Labute approximate surface area is 97.1 Å². The van der Waals surface area contributed by atoms with Crippen molar-refractivity contribution in [1.29, 1.82) is 0 Å². The van der Waals surface area contributed by atoms with Crippen molar-refractivity contribution < 1.29 is 5.11 Å². The molecule has 3 nitrogen and oxygen atoms in total. The number of benzene rings is 1. The fourth-order valence-corrected chi connectivity index (χ4v) is 2.23. The van der Waals surface area contributed by atoms with Crippen LogP contribution in [0.4, 0.5) is 0 Å². The van der Waals surface area contributed by atoms with E-state index in [9.17, 15) is 5.11 Å². The van der Waals surface area contributed by atoms with Gasteiger partial charge in [0.15, 0.2) is 0 Å². The van der Waals surface area contributed by atoms with Crippen molar-refractivity contribution >= 4 is 0 Å². The average Bonchev–Trinajstić information content (AvgIpc) is 2.33. The molecule has 1 heterocycles. The van der Waals surface area contributed by atoms with Crippen molar-refractivity contribution in [3.8, 4) is 5.75 Å². The van der Waals surface area contributed by atoms with Crippen molar-refractivity contribution in [2.45, 2.75) is 19.4 Å². The highest BCUT2D eigenvalue weighted by atomic mass is 16.3. The molecule has 1 atom stereocenters. The van der Waals surface area contributed by atoms with Crippen molar-refractivity contribution in [1.82, 2.24) is 10.2 Å². The molecular formula is C13H20N2O. The van der Waals surface area contributed by atoms with Gasteiger partial charge in [-0.05, 0) is 31.0 Å². The van der Waals surface area contributed by atoms with Crippen LogP contribution in [0.1, 0.15) is 12.5 Å². The molecule has 1 aromatic carbocycles. The largest absolute Gasteiger partial charge is 0.508 e. The first-order valence-corrected chi connectivity index (χ1v) is 5.98. The first-order chi connectivity index (χ1) is 7.75. The second-order valence-electron chi connectivity index (χ2n) is 4.51. The molecule has 1 aromatic rings. The van der Waals surface area contributed by atoms with Gasteiger partial charge in [-0.3, -0.25) is 4.90 Å². The van der Waals surface area contributed by atoms with Gasteiger partial charge in [-0.2, -0.15) is 0 Å². The van der Waals surface area contributed by atoms with Crippen molar-refractivity contribution in [2.24, 2.45) is 0 Å². The molecule has 1 aliphatic rings. The van der Waals surface area contributed by atoms with Crippen LogP contribution in [0, 0.1) is 0 Å². The van der Waals surface area contributed by atoms with Gasteiger partial charge in [-0.15, -0.1) is 0 Å². The second kappa shape index (κ2) is 5.32. The number of hydrogen-bond donors (Lipinski definition) is 2. The quantitative estimate of drug-likeness (QED) is 0.804. The molecule has 0 bridgehead atoms. The Kier molecular flexibility index (Phi) is 3.80. The highest BCUT2D eigenvalue weighted by Gasteiger charge is 2.16. The Balaban J connectivity index is 1.90. The molecule has 88 valence electrons. The molecule has 0 amide bonds. The zero-order valence-electron chi connectivity index (χ0n) is 9.82. The molecule has 3 heteroatoms. The third-order valence-corrected chi connectivity index (χ3v) is 3.24. The zero-order valence-corrected chi connectivity index (χ0v) is 9.82. The van der Waals surface area contributed by atoms with Crippen LogP contribution in [-0.4, -0.2) is 42.2 Å². The van der Waals surface area contributed by atoms with Crippen LogP contribution in [0.25, 0.3) is 0 Å². The lowest BCUT2D eigenvalue weighted by Gasteiger charge is -2.32. The SMILES string of the molecule is CC(Cc1ccc(O)cc1)N1CCNCC1. The number of nitrogens with zero attached hydrogens (tertiary/aromatic N) is 1. The molecular weight excluding hydrogens is 200 g/mol. The molecule has 0 spiro atoms. The predicted molar refractivity (Wildman–Crippen MR) is 65.7 cm³/mol. The van der Waals surface area contributed by atoms with Gasteiger partial charge in [0.2, 0.25) is 0 Å². The summed E-state index contributed by atoms with van der Waals surface area (Å²) >= 11 is 0. The van der Waals surface area contributed by atoms with Gasteiger partial charge in [0.05, 0.1) is 0 Å². The monoisotopic (exact) mass is 220 g/mol. The lowest BCUT2D eigenvalue weighted by atomic mass is 10.1. The minimum atomic E-state index is 0.346. The summed E-state index contributed by atoms with van der Waals surface area (Å²) in [6.45, 7) is 6.75. The summed E-state index contributed by atoms with van der Waals surface area (Å²) in [5.74, 6) is 0.346. The minimum Gasteiger partial charge on any atom is -0.508 e. The number of phenolic OH excluding ortho intramolecular Hbond substituents is 1. The van der Waals surface area contributed by atoms with E-state index in [1.165, 1.54) is 5.56 Å². The second-order valence-corrected chi connectivity index (χ2v) is 4.51. The van der Waals surface area contributed by atoms with Gasteiger partial charge in [-0.25, -0.2) is 0 Å². The Morgan fingerprint density at radius 2 is 1.88 bits per heavy atom. The molecule has 1 aliphatic heterocycles. The van der Waals surface area contributed by atoms with E-state index in [1.807, 2.05) is 12.1 Å². The maximum Gasteiger partial charge on any atom is 0.115 e. The van der Waals surface area contributed by atoms with Crippen molar-refractivity contribution in [3.05, 3.63) is 29.8 Å². The highest BCUT2D eigenvalue weighted by Crippen LogP contribution is 2.13. The van der Waals surface area contributed by atoms with E-state index in [1.54, 1.807) is 12.1 Å². The molecule has 2 N–H and O–H groups in total. The van der Waals surface area contributed by atoms with E-state index in [4.69, 9.17) is 0 Å². The Morgan fingerprint density at radius 3 is 2.50 bits per heavy atom. The van der Waals surface area contributed by atoms with E-state index in [2.05, 4.69) is 17.1 Å². The molecule has 0 aromatic heterocycles. The van der Waals surface area contributed by atoms with Crippen molar-refractivity contribution in [3.63, 3.8) is 0 Å². The molecule has 2 rings (SSSR count). The minimum absolute atomic E-state index is 0.346. The van der Waals surface area contributed by atoms with Crippen LogP contribution >= 0.6 is 0 Å². The molecule has 16 heavy (non-hydrogen) atoms. The van der Waals surface area contributed by atoms with E-state index in [0.717, 1.165) is 32.6 Å². The van der Waals surface area contributed by atoms with E-state index >= 15 is 0 Å². The first kappa shape index (κ1) is 11.4. The zero-order chi connectivity index (χ0) is 11.4. The van der Waals surface area contributed by atoms with Gasteiger partial charge < -0.3 is 10.4 Å². The fourth-order valence-electron chi connectivity index (χ4n) is 2.23. The molecule has 1 unspecified atom stereocenters. The van der Waals surface area contributed by atoms with Gasteiger partial charge in [0.25, 0.3) is 0 Å². The Bertz CT molecular complexity index is 317. The van der Waals surface area contributed by atoms with E-state index in [-0.39, 0.29) is 0 Å². The smallest absolute Gasteiger partial charge is 0.115 e. The maximum atomic E-state index is 9.22. The number of nitrogens with one attached hydrogen (secondary N) is 1.